The molecular weight excluding hydrogens is 316 g/mol. The SMILES string of the molecule is O=C(COC(=O)c1ccnc(Cl)c1)NCCCc1ccccc1. The molecule has 0 aliphatic carbocycles. The standard InChI is InChI=1S/C17H17ClN2O3/c18-15-11-14(8-10-19-15)17(22)23-12-16(21)20-9-4-7-13-5-2-1-3-6-13/h1-3,5-6,8,10-11H,4,7,9,12H2,(H,20,21). The molecule has 0 unspecified atom stereocenters. The zero-order chi connectivity index (χ0) is 16.5. The number of aromatic nitrogens is 1. The second-order valence-corrected chi connectivity index (χ2v) is 5.27. The van der Waals surface area contributed by atoms with Crippen LogP contribution in [0.1, 0.15) is 22.3 Å². The molecule has 0 fully saturated rings. The Labute approximate surface area is 139 Å². The van der Waals surface area contributed by atoms with Crippen LogP contribution < -0.4 is 5.32 Å². The molecule has 0 saturated heterocycles. The molecule has 0 bridgehead atoms. The first kappa shape index (κ1) is 17.0. The van der Waals surface area contributed by atoms with Gasteiger partial charge >= 0.3 is 5.97 Å². The van der Waals surface area contributed by atoms with E-state index in [0.717, 1.165) is 12.8 Å². The van der Waals surface area contributed by atoms with Gasteiger partial charge in [0.05, 0.1) is 5.56 Å². The van der Waals surface area contributed by atoms with E-state index >= 15 is 0 Å². The van der Waals surface area contributed by atoms with Crippen molar-refractivity contribution in [3.63, 3.8) is 0 Å². The number of amides is 1. The van der Waals surface area contributed by atoms with Crippen LogP contribution in [0.15, 0.2) is 48.7 Å². The van der Waals surface area contributed by atoms with Crippen molar-refractivity contribution in [2.24, 2.45) is 0 Å². The smallest absolute Gasteiger partial charge is 0.338 e. The number of benzene rings is 1. The van der Waals surface area contributed by atoms with Gasteiger partial charge in [-0.2, -0.15) is 0 Å². The summed E-state index contributed by atoms with van der Waals surface area (Å²) in [6.45, 7) is 0.219. The Kier molecular flexibility index (Phi) is 6.56. The van der Waals surface area contributed by atoms with E-state index in [0.29, 0.717) is 6.54 Å². The molecule has 6 heteroatoms. The number of rotatable bonds is 7. The van der Waals surface area contributed by atoms with Gasteiger partial charge in [-0.1, -0.05) is 41.9 Å². The van der Waals surface area contributed by atoms with Crippen molar-refractivity contribution in [2.45, 2.75) is 12.8 Å². The lowest BCUT2D eigenvalue weighted by Crippen LogP contribution is -2.29. The van der Waals surface area contributed by atoms with Crippen LogP contribution in [0.5, 0.6) is 0 Å². The summed E-state index contributed by atoms with van der Waals surface area (Å²) in [6.07, 6.45) is 3.11. The number of halogens is 1. The van der Waals surface area contributed by atoms with Crippen molar-refractivity contribution in [3.8, 4) is 0 Å². The summed E-state index contributed by atoms with van der Waals surface area (Å²) in [7, 11) is 0. The maximum Gasteiger partial charge on any atom is 0.338 e. The van der Waals surface area contributed by atoms with Crippen LogP contribution in [-0.2, 0) is 16.0 Å². The van der Waals surface area contributed by atoms with Gasteiger partial charge in [0, 0.05) is 12.7 Å². The zero-order valence-corrected chi connectivity index (χ0v) is 13.3. The van der Waals surface area contributed by atoms with E-state index in [1.807, 2.05) is 30.3 Å². The quantitative estimate of drug-likeness (QED) is 0.481. The van der Waals surface area contributed by atoms with Crippen molar-refractivity contribution in [1.82, 2.24) is 10.3 Å². The van der Waals surface area contributed by atoms with Gasteiger partial charge in [0.2, 0.25) is 0 Å². The van der Waals surface area contributed by atoms with E-state index in [9.17, 15) is 9.59 Å². The number of hydrogen-bond acceptors (Lipinski definition) is 4. The molecule has 120 valence electrons. The molecule has 1 aromatic carbocycles. The first-order valence-electron chi connectivity index (χ1n) is 7.24. The Morgan fingerprint density at radius 2 is 1.96 bits per heavy atom. The van der Waals surface area contributed by atoms with Crippen LogP contribution in [0.4, 0.5) is 0 Å². The van der Waals surface area contributed by atoms with E-state index in [1.165, 1.54) is 23.9 Å². The normalized spacial score (nSPS) is 10.1. The molecule has 1 amide bonds. The molecule has 1 aromatic heterocycles. The number of carbonyl (C=O) groups is 2. The fourth-order valence-electron chi connectivity index (χ4n) is 1.96. The number of ether oxygens (including phenoxy) is 1. The van der Waals surface area contributed by atoms with Gasteiger partial charge in [0.25, 0.3) is 5.91 Å². The van der Waals surface area contributed by atoms with Crippen molar-refractivity contribution in [2.75, 3.05) is 13.2 Å². The van der Waals surface area contributed by atoms with Gasteiger partial charge in [-0.05, 0) is 30.5 Å². The molecule has 1 heterocycles. The minimum atomic E-state index is -0.603. The lowest BCUT2D eigenvalue weighted by atomic mass is 10.1. The van der Waals surface area contributed by atoms with Gasteiger partial charge in [-0.25, -0.2) is 9.78 Å². The Balaban J connectivity index is 1.64. The van der Waals surface area contributed by atoms with Gasteiger partial charge in [0.15, 0.2) is 6.61 Å². The number of esters is 1. The minimum Gasteiger partial charge on any atom is -0.452 e. The van der Waals surface area contributed by atoms with Crippen molar-refractivity contribution in [1.29, 1.82) is 0 Å². The maximum absolute atomic E-state index is 11.7. The fraction of sp³-hybridized carbons (Fsp3) is 0.235. The first-order valence-corrected chi connectivity index (χ1v) is 7.62. The largest absolute Gasteiger partial charge is 0.452 e. The molecule has 2 rings (SSSR count). The Bertz CT molecular complexity index is 662. The van der Waals surface area contributed by atoms with Crippen LogP contribution in [0.25, 0.3) is 0 Å². The van der Waals surface area contributed by atoms with E-state index < -0.39 is 5.97 Å². The summed E-state index contributed by atoms with van der Waals surface area (Å²) in [4.78, 5) is 27.1. The van der Waals surface area contributed by atoms with Crippen molar-refractivity contribution in [3.05, 3.63) is 64.9 Å². The van der Waals surface area contributed by atoms with Crippen LogP contribution in [-0.4, -0.2) is 30.0 Å². The fourth-order valence-corrected chi connectivity index (χ4v) is 2.13. The summed E-state index contributed by atoms with van der Waals surface area (Å²) in [5.41, 5.74) is 1.49. The lowest BCUT2D eigenvalue weighted by Gasteiger charge is -2.07. The summed E-state index contributed by atoms with van der Waals surface area (Å²) in [5.74, 6) is -0.930. The summed E-state index contributed by atoms with van der Waals surface area (Å²) < 4.78 is 4.92. The van der Waals surface area contributed by atoms with Crippen LogP contribution in [0, 0.1) is 0 Å². The van der Waals surface area contributed by atoms with E-state index in [1.54, 1.807) is 0 Å². The van der Waals surface area contributed by atoms with Gasteiger partial charge < -0.3 is 10.1 Å². The molecule has 0 spiro atoms. The van der Waals surface area contributed by atoms with Crippen molar-refractivity contribution < 1.29 is 14.3 Å². The molecule has 1 N–H and O–H groups in total. The number of aryl methyl sites for hydroxylation is 1. The summed E-state index contributed by atoms with van der Waals surface area (Å²) in [6, 6.07) is 12.9. The number of carbonyl (C=O) groups excluding carboxylic acids is 2. The molecule has 0 saturated carbocycles. The number of nitrogens with zero attached hydrogens (tertiary/aromatic N) is 1. The second-order valence-electron chi connectivity index (χ2n) is 4.88. The average molecular weight is 333 g/mol. The highest BCUT2D eigenvalue weighted by atomic mass is 35.5. The highest BCUT2D eigenvalue weighted by molar-refractivity contribution is 6.29. The number of pyridine rings is 1. The first-order chi connectivity index (χ1) is 11.1. The zero-order valence-electron chi connectivity index (χ0n) is 12.5. The molecule has 0 aliphatic heterocycles. The maximum atomic E-state index is 11.7. The third-order valence-corrected chi connectivity index (χ3v) is 3.31. The number of hydrogen-bond donors (Lipinski definition) is 1. The number of nitrogens with one attached hydrogen (secondary N) is 1. The summed E-state index contributed by atoms with van der Waals surface area (Å²) >= 11 is 5.69. The lowest BCUT2D eigenvalue weighted by molar-refractivity contribution is -0.124. The van der Waals surface area contributed by atoms with Gasteiger partial charge in [0.1, 0.15) is 5.15 Å². The Hall–Kier alpha value is -2.40. The highest BCUT2D eigenvalue weighted by Gasteiger charge is 2.10. The van der Waals surface area contributed by atoms with E-state index in [-0.39, 0.29) is 23.2 Å². The highest BCUT2D eigenvalue weighted by Crippen LogP contribution is 2.08. The predicted molar refractivity (Wildman–Crippen MR) is 87.3 cm³/mol. The molecule has 23 heavy (non-hydrogen) atoms. The van der Waals surface area contributed by atoms with Crippen molar-refractivity contribution >= 4 is 23.5 Å². The topological polar surface area (TPSA) is 68.3 Å². The molecule has 5 nitrogen and oxygen atoms in total. The van der Waals surface area contributed by atoms with E-state index in [4.69, 9.17) is 16.3 Å². The predicted octanol–water partition coefficient (Wildman–Crippen LogP) is 2.64. The third kappa shape index (κ3) is 6.08. The van der Waals surface area contributed by atoms with Crippen LogP contribution in [0.2, 0.25) is 5.15 Å². The molecular formula is C17H17ClN2O3. The Morgan fingerprint density at radius 3 is 2.70 bits per heavy atom. The minimum absolute atomic E-state index is 0.199. The van der Waals surface area contributed by atoms with Gasteiger partial charge in [-0.15, -0.1) is 0 Å². The third-order valence-electron chi connectivity index (χ3n) is 3.10. The van der Waals surface area contributed by atoms with Gasteiger partial charge in [-0.3, -0.25) is 4.79 Å². The molecule has 0 radical (unpaired) electrons. The molecule has 2 aromatic rings. The molecule has 0 atom stereocenters. The second kappa shape index (κ2) is 8.90. The van der Waals surface area contributed by atoms with E-state index in [2.05, 4.69) is 10.3 Å². The molecule has 0 aliphatic rings. The van der Waals surface area contributed by atoms with Crippen LogP contribution in [0.3, 0.4) is 0 Å². The average Bonchev–Trinajstić information content (AvgIpc) is 2.57. The summed E-state index contributed by atoms with van der Waals surface area (Å²) in [5, 5.41) is 2.92. The monoisotopic (exact) mass is 332 g/mol. The van der Waals surface area contributed by atoms with Crippen LogP contribution >= 0.6 is 11.6 Å². The Morgan fingerprint density at radius 1 is 1.17 bits per heavy atom.